The Labute approximate surface area is 147 Å². The number of imide groups is 2. The average Bonchev–Trinajstić information content (AvgIpc) is 3.20. The number of rotatable bonds is 6. The number of anilines is 1. The topological polar surface area (TPSA) is 65.4 Å². The lowest BCUT2D eigenvalue weighted by atomic mass is 10.1. The van der Waals surface area contributed by atoms with Crippen LogP contribution in [0.2, 0.25) is 0 Å². The molecular weight excluding hydrogens is 320 g/mol. The lowest BCUT2D eigenvalue weighted by molar-refractivity contribution is -0.901. The minimum atomic E-state index is -0.724. The van der Waals surface area contributed by atoms with Gasteiger partial charge in [-0.3, -0.25) is 14.5 Å². The summed E-state index contributed by atoms with van der Waals surface area (Å²) in [5.74, 6) is -1.45. The zero-order valence-corrected chi connectivity index (χ0v) is 14.8. The number of hydrogen-bond acceptors (Lipinski definition) is 4. The molecule has 1 aromatic carbocycles. The molecule has 0 bridgehead atoms. The fourth-order valence-electron chi connectivity index (χ4n) is 3.55. The zero-order valence-electron chi connectivity index (χ0n) is 14.8. The third-order valence-corrected chi connectivity index (χ3v) is 4.81. The van der Waals surface area contributed by atoms with Crippen molar-refractivity contribution in [1.82, 2.24) is 9.80 Å². The molecule has 2 saturated heterocycles. The monoisotopic (exact) mass is 345 g/mol. The first-order valence-electron chi connectivity index (χ1n) is 8.84. The Morgan fingerprint density at radius 2 is 1.64 bits per heavy atom. The van der Waals surface area contributed by atoms with Crippen LogP contribution in [-0.4, -0.2) is 61.0 Å². The summed E-state index contributed by atoms with van der Waals surface area (Å²) in [6, 6.07) is 7.76. The molecule has 1 atom stereocenters. The van der Waals surface area contributed by atoms with Crippen LogP contribution in [0, 0.1) is 0 Å². The zero-order chi connectivity index (χ0) is 18.0. The molecule has 2 aliphatic heterocycles. The maximum atomic E-state index is 12.2. The Kier molecular flexibility index (Phi) is 5.03. The number of urea groups is 1. The number of benzene rings is 1. The minimum Gasteiger partial charge on any atom is -0.371 e. The van der Waals surface area contributed by atoms with Gasteiger partial charge in [-0.05, 0) is 25.8 Å². The van der Waals surface area contributed by atoms with Crippen molar-refractivity contribution in [2.24, 2.45) is 0 Å². The van der Waals surface area contributed by atoms with E-state index in [-0.39, 0.29) is 13.2 Å². The Morgan fingerprint density at radius 3 is 2.28 bits per heavy atom. The molecule has 134 valence electrons. The quantitative estimate of drug-likeness (QED) is 0.585. The third-order valence-electron chi connectivity index (χ3n) is 4.81. The van der Waals surface area contributed by atoms with E-state index in [1.165, 1.54) is 24.1 Å². The van der Waals surface area contributed by atoms with Crippen molar-refractivity contribution in [3.05, 3.63) is 29.8 Å². The van der Waals surface area contributed by atoms with Crippen LogP contribution in [0.25, 0.3) is 0 Å². The van der Waals surface area contributed by atoms with Crippen LogP contribution in [0.3, 0.4) is 0 Å². The number of carbonyl (C=O) groups excluding carboxylic acids is 3. The number of nitrogens with one attached hydrogen (secondary N) is 1. The highest BCUT2D eigenvalue weighted by Crippen LogP contribution is 2.23. The van der Waals surface area contributed by atoms with Gasteiger partial charge in [0.15, 0.2) is 6.67 Å². The van der Waals surface area contributed by atoms with Crippen molar-refractivity contribution in [3.63, 3.8) is 0 Å². The van der Waals surface area contributed by atoms with E-state index < -0.39 is 17.8 Å². The predicted octanol–water partition coefficient (Wildman–Crippen LogP) is 0.0697. The summed E-state index contributed by atoms with van der Waals surface area (Å²) in [5.41, 5.74) is 2.42. The lowest BCUT2D eigenvalue weighted by Gasteiger charge is -2.24. The molecule has 2 aliphatic rings. The molecule has 4 amide bonds. The summed E-state index contributed by atoms with van der Waals surface area (Å²) in [4.78, 5) is 41.5. The van der Waals surface area contributed by atoms with E-state index in [0.29, 0.717) is 6.54 Å². The van der Waals surface area contributed by atoms with E-state index >= 15 is 0 Å². The van der Waals surface area contributed by atoms with Gasteiger partial charge in [0.1, 0.15) is 6.54 Å². The van der Waals surface area contributed by atoms with Gasteiger partial charge in [-0.15, -0.1) is 0 Å². The van der Waals surface area contributed by atoms with Gasteiger partial charge in [0.05, 0.1) is 7.05 Å². The summed E-state index contributed by atoms with van der Waals surface area (Å²) in [6.07, 6.45) is 2.42. The molecule has 7 nitrogen and oxygen atoms in total. The average molecular weight is 345 g/mol. The first kappa shape index (κ1) is 17.4. The van der Waals surface area contributed by atoms with Gasteiger partial charge in [0, 0.05) is 30.9 Å². The minimum absolute atomic E-state index is 0.189. The van der Waals surface area contributed by atoms with E-state index in [9.17, 15) is 14.4 Å². The van der Waals surface area contributed by atoms with E-state index in [0.717, 1.165) is 27.8 Å². The number of carbonyl (C=O) groups is 3. The van der Waals surface area contributed by atoms with Crippen LogP contribution in [0.15, 0.2) is 24.3 Å². The SMILES string of the molecule is CCN1C(=O)C(=O)N(C[NH+](C)Cc2ccccc2N2CCCC2)C1=O. The standard InChI is InChI=1S/C18H24N4O3/c1-3-21-16(23)17(24)22(18(21)25)13-19(2)12-14-8-4-5-9-15(14)20-10-6-7-11-20/h4-5,8-9H,3,6-7,10-13H2,1-2H3/p+1. The van der Waals surface area contributed by atoms with Gasteiger partial charge in [0.2, 0.25) is 0 Å². The highest BCUT2D eigenvalue weighted by molar-refractivity contribution is 6.44. The van der Waals surface area contributed by atoms with Gasteiger partial charge in [-0.25, -0.2) is 9.69 Å². The largest absolute Gasteiger partial charge is 0.371 e. The highest BCUT2D eigenvalue weighted by Gasteiger charge is 2.44. The molecule has 3 rings (SSSR count). The summed E-state index contributed by atoms with van der Waals surface area (Å²) < 4.78 is 0. The van der Waals surface area contributed by atoms with Crippen LogP contribution < -0.4 is 9.80 Å². The normalized spacial score (nSPS) is 19.3. The van der Waals surface area contributed by atoms with Crippen LogP contribution in [0.4, 0.5) is 10.5 Å². The molecule has 0 spiro atoms. The number of para-hydroxylation sites is 1. The van der Waals surface area contributed by atoms with Crippen molar-refractivity contribution in [3.8, 4) is 0 Å². The molecule has 1 N–H and O–H groups in total. The summed E-state index contributed by atoms with van der Waals surface area (Å²) in [7, 11) is 1.93. The molecule has 0 aliphatic carbocycles. The van der Waals surface area contributed by atoms with Crippen molar-refractivity contribution in [2.45, 2.75) is 26.3 Å². The van der Waals surface area contributed by atoms with E-state index in [2.05, 4.69) is 17.0 Å². The smallest absolute Gasteiger partial charge is 0.338 e. The van der Waals surface area contributed by atoms with Crippen LogP contribution in [0.1, 0.15) is 25.3 Å². The Bertz CT molecular complexity index is 685. The van der Waals surface area contributed by atoms with E-state index in [1.807, 2.05) is 19.2 Å². The second-order valence-electron chi connectivity index (χ2n) is 6.68. The number of hydrogen-bond donors (Lipinski definition) is 1. The molecule has 1 aromatic rings. The highest BCUT2D eigenvalue weighted by atomic mass is 16.2. The van der Waals surface area contributed by atoms with E-state index in [1.54, 1.807) is 6.92 Å². The summed E-state index contributed by atoms with van der Waals surface area (Å²) >= 11 is 0. The molecular formula is C18H25N4O3+. The second kappa shape index (κ2) is 7.23. The molecule has 25 heavy (non-hydrogen) atoms. The number of amides is 4. The number of likely N-dealkylation sites (N-methyl/N-ethyl adjacent to an activating group) is 1. The molecule has 2 heterocycles. The van der Waals surface area contributed by atoms with Crippen molar-refractivity contribution in [1.29, 1.82) is 0 Å². The first-order chi connectivity index (χ1) is 12.0. The molecule has 0 saturated carbocycles. The van der Waals surface area contributed by atoms with Crippen molar-refractivity contribution in [2.75, 3.05) is 38.3 Å². The Morgan fingerprint density at radius 1 is 1.00 bits per heavy atom. The van der Waals surface area contributed by atoms with Gasteiger partial charge < -0.3 is 9.80 Å². The summed E-state index contributed by atoms with van der Waals surface area (Å²) in [5, 5.41) is 0. The number of quaternary nitrogens is 1. The predicted molar refractivity (Wildman–Crippen MR) is 93.0 cm³/mol. The molecule has 7 heteroatoms. The van der Waals surface area contributed by atoms with Crippen LogP contribution >= 0.6 is 0 Å². The van der Waals surface area contributed by atoms with Gasteiger partial charge in [-0.1, -0.05) is 18.2 Å². The van der Waals surface area contributed by atoms with Gasteiger partial charge in [0.25, 0.3) is 0 Å². The van der Waals surface area contributed by atoms with Crippen molar-refractivity contribution < 1.29 is 19.3 Å². The van der Waals surface area contributed by atoms with Gasteiger partial charge in [-0.2, -0.15) is 0 Å². The fourth-order valence-corrected chi connectivity index (χ4v) is 3.55. The lowest BCUT2D eigenvalue weighted by Crippen LogP contribution is -3.09. The first-order valence-corrected chi connectivity index (χ1v) is 8.84. The molecule has 1 unspecified atom stereocenters. The van der Waals surface area contributed by atoms with Crippen molar-refractivity contribution >= 4 is 23.5 Å². The van der Waals surface area contributed by atoms with Crippen LogP contribution in [0.5, 0.6) is 0 Å². The Balaban J connectivity index is 1.69. The number of nitrogens with zero attached hydrogens (tertiary/aromatic N) is 3. The maximum absolute atomic E-state index is 12.2. The fraction of sp³-hybridized carbons (Fsp3) is 0.500. The summed E-state index contributed by atoms with van der Waals surface area (Å²) in [6.45, 7) is 4.92. The third kappa shape index (κ3) is 3.37. The van der Waals surface area contributed by atoms with Gasteiger partial charge >= 0.3 is 17.8 Å². The molecule has 0 radical (unpaired) electrons. The Hall–Kier alpha value is -2.41. The van der Waals surface area contributed by atoms with Crippen LogP contribution in [-0.2, 0) is 16.1 Å². The second-order valence-corrected chi connectivity index (χ2v) is 6.68. The molecule has 2 fully saturated rings. The maximum Gasteiger partial charge on any atom is 0.338 e. The molecule has 0 aromatic heterocycles. The van der Waals surface area contributed by atoms with E-state index in [4.69, 9.17) is 0 Å².